The minimum Gasteiger partial charge on any atom is -0.384 e. The van der Waals surface area contributed by atoms with Gasteiger partial charge in [-0.15, -0.1) is 0 Å². The summed E-state index contributed by atoms with van der Waals surface area (Å²) in [6, 6.07) is 8.06. The summed E-state index contributed by atoms with van der Waals surface area (Å²) >= 11 is 1.30. The molecule has 0 aliphatic rings. The maximum atomic E-state index is 8.38. The Morgan fingerprint density at radius 1 is 1.29 bits per heavy atom. The van der Waals surface area contributed by atoms with Gasteiger partial charge in [-0.05, 0) is 19.1 Å². The number of aliphatic hydroxyl groups is 1. The van der Waals surface area contributed by atoms with Gasteiger partial charge in [0.25, 0.3) is 0 Å². The molecule has 1 N–H and O–H groups in total. The Bertz CT molecular complexity index is 321. The van der Waals surface area contributed by atoms with Crippen LogP contribution in [0.1, 0.15) is 5.56 Å². The Hall–Kier alpha value is -0.950. The largest absolute Gasteiger partial charge is 0.384 e. The number of benzene rings is 1. The standard InChI is InChI=1S/C11H12O2S/c1-10-4-6-11(7-5-10)14-13-9-3-2-8-12/h4-7,12H,8-9H2,1H3. The predicted octanol–water partition coefficient (Wildman–Crippen LogP) is 2.01. The van der Waals surface area contributed by atoms with Gasteiger partial charge in [0, 0.05) is 16.9 Å². The van der Waals surface area contributed by atoms with Crippen LogP contribution in [0.15, 0.2) is 29.2 Å². The monoisotopic (exact) mass is 208 g/mol. The zero-order valence-electron chi connectivity index (χ0n) is 7.99. The summed E-state index contributed by atoms with van der Waals surface area (Å²) in [6.45, 7) is 2.26. The maximum absolute atomic E-state index is 8.38. The van der Waals surface area contributed by atoms with Crippen LogP contribution >= 0.6 is 12.0 Å². The summed E-state index contributed by atoms with van der Waals surface area (Å²) in [5.74, 6) is 5.18. The third kappa shape index (κ3) is 4.33. The second kappa shape index (κ2) is 6.50. The van der Waals surface area contributed by atoms with E-state index < -0.39 is 0 Å². The molecule has 0 saturated heterocycles. The molecule has 0 spiro atoms. The number of hydrogen-bond acceptors (Lipinski definition) is 3. The molecule has 0 fully saturated rings. The van der Waals surface area contributed by atoms with Crippen LogP contribution in [0, 0.1) is 18.8 Å². The molecule has 0 aliphatic carbocycles. The van der Waals surface area contributed by atoms with E-state index in [1.165, 1.54) is 17.6 Å². The van der Waals surface area contributed by atoms with E-state index >= 15 is 0 Å². The van der Waals surface area contributed by atoms with Crippen molar-refractivity contribution in [3.8, 4) is 11.8 Å². The molecule has 1 rings (SSSR count). The third-order valence-electron chi connectivity index (χ3n) is 1.51. The molecule has 0 aliphatic heterocycles. The van der Waals surface area contributed by atoms with E-state index in [4.69, 9.17) is 9.29 Å². The lowest BCUT2D eigenvalue weighted by Gasteiger charge is -1.98. The Morgan fingerprint density at radius 2 is 2.00 bits per heavy atom. The average Bonchev–Trinajstić information content (AvgIpc) is 2.21. The molecule has 3 heteroatoms. The van der Waals surface area contributed by atoms with Crippen LogP contribution in [-0.2, 0) is 4.18 Å². The van der Waals surface area contributed by atoms with Gasteiger partial charge < -0.3 is 5.11 Å². The van der Waals surface area contributed by atoms with Crippen LogP contribution in [0.2, 0.25) is 0 Å². The van der Waals surface area contributed by atoms with Crippen molar-refractivity contribution >= 4 is 12.0 Å². The fourth-order valence-corrected chi connectivity index (χ4v) is 1.33. The van der Waals surface area contributed by atoms with Crippen molar-refractivity contribution < 1.29 is 9.29 Å². The highest BCUT2D eigenvalue weighted by atomic mass is 32.2. The van der Waals surface area contributed by atoms with E-state index in [0.717, 1.165) is 4.90 Å². The van der Waals surface area contributed by atoms with Crippen LogP contribution in [0.3, 0.4) is 0 Å². The van der Waals surface area contributed by atoms with Crippen LogP contribution in [0.25, 0.3) is 0 Å². The molecule has 1 aromatic rings. The summed E-state index contributed by atoms with van der Waals surface area (Å²) in [6.07, 6.45) is 0. The predicted molar refractivity (Wildman–Crippen MR) is 57.8 cm³/mol. The van der Waals surface area contributed by atoms with E-state index in [1.807, 2.05) is 31.2 Å². The Morgan fingerprint density at radius 3 is 2.64 bits per heavy atom. The second-order valence-corrected chi connectivity index (χ2v) is 3.54. The van der Waals surface area contributed by atoms with Gasteiger partial charge in [-0.1, -0.05) is 29.5 Å². The van der Waals surface area contributed by atoms with E-state index in [-0.39, 0.29) is 6.61 Å². The zero-order valence-corrected chi connectivity index (χ0v) is 8.80. The van der Waals surface area contributed by atoms with Gasteiger partial charge in [0.2, 0.25) is 0 Å². The van der Waals surface area contributed by atoms with Crippen molar-refractivity contribution in [3.63, 3.8) is 0 Å². The summed E-state index contributed by atoms with van der Waals surface area (Å²) < 4.78 is 5.19. The van der Waals surface area contributed by atoms with Crippen LogP contribution in [-0.4, -0.2) is 18.3 Å². The molecule has 1 aromatic carbocycles. The second-order valence-electron chi connectivity index (χ2n) is 2.67. The zero-order chi connectivity index (χ0) is 10.2. The van der Waals surface area contributed by atoms with Gasteiger partial charge in [-0.2, -0.15) is 0 Å². The lowest BCUT2D eigenvalue weighted by Crippen LogP contribution is -1.83. The molecule has 0 amide bonds. The summed E-state index contributed by atoms with van der Waals surface area (Å²) in [4.78, 5) is 1.06. The maximum Gasteiger partial charge on any atom is 0.122 e. The molecule has 0 atom stereocenters. The van der Waals surface area contributed by atoms with E-state index in [2.05, 4.69) is 11.8 Å². The summed E-state index contributed by atoms with van der Waals surface area (Å²) in [5.41, 5.74) is 1.23. The Labute approximate surface area is 88.5 Å². The quantitative estimate of drug-likeness (QED) is 0.468. The van der Waals surface area contributed by atoms with Crippen molar-refractivity contribution in [3.05, 3.63) is 29.8 Å². The average molecular weight is 208 g/mol. The Kier molecular flexibility index (Phi) is 5.16. The Balaban J connectivity index is 2.28. The lowest BCUT2D eigenvalue weighted by molar-refractivity contribution is 0.350. The van der Waals surface area contributed by atoms with Gasteiger partial charge in [-0.25, -0.2) is 0 Å². The first-order chi connectivity index (χ1) is 6.83. The minimum absolute atomic E-state index is 0.113. The van der Waals surface area contributed by atoms with Crippen molar-refractivity contribution in [1.29, 1.82) is 0 Å². The molecule has 0 heterocycles. The van der Waals surface area contributed by atoms with E-state index in [1.54, 1.807) is 0 Å². The number of aryl methyl sites for hydroxylation is 1. The molecule has 2 nitrogen and oxygen atoms in total. The molecule has 0 saturated carbocycles. The third-order valence-corrected chi connectivity index (χ3v) is 2.21. The molecule has 14 heavy (non-hydrogen) atoms. The SMILES string of the molecule is Cc1ccc(SOCC#CCO)cc1. The summed E-state index contributed by atoms with van der Waals surface area (Å²) in [7, 11) is 0. The van der Waals surface area contributed by atoms with Gasteiger partial charge in [0.05, 0.1) is 0 Å². The molecule has 0 aromatic heterocycles. The summed E-state index contributed by atoms with van der Waals surface area (Å²) in [5, 5.41) is 8.38. The molecule has 0 bridgehead atoms. The topological polar surface area (TPSA) is 29.5 Å². The molecule has 0 radical (unpaired) electrons. The smallest absolute Gasteiger partial charge is 0.122 e. The first-order valence-electron chi connectivity index (χ1n) is 4.25. The fraction of sp³-hybridized carbons (Fsp3) is 0.273. The van der Waals surface area contributed by atoms with Crippen molar-refractivity contribution in [1.82, 2.24) is 0 Å². The van der Waals surface area contributed by atoms with Gasteiger partial charge in [-0.3, -0.25) is 4.18 Å². The number of aliphatic hydroxyl groups excluding tert-OH is 1. The first-order valence-corrected chi connectivity index (χ1v) is 5.00. The normalized spacial score (nSPS) is 9.29. The fourth-order valence-electron chi connectivity index (χ4n) is 0.828. The van der Waals surface area contributed by atoms with E-state index in [9.17, 15) is 0 Å². The number of rotatable bonds is 3. The highest BCUT2D eigenvalue weighted by molar-refractivity contribution is 7.94. The van der Waals surface area contributed by atoms with Crippen LogP contribution < -0.4 is 0 Å². The highest BCUT2D eigenvalue weighted by Gasteiger charge is 1.92. The van der Waals surface area contributed by atoms with Crippen molar-refractivity contribution in [2.45, 2.75) is 11.8 Å². The highest BCUT2D eigenvalue weighted by Crippen LogP contribution is 2.18. The first kappa shape index (κ1) is 11.1. The molecular weight excluding hydrogens is 196 g/mol. The van der Waals surface area contributed by atoms with Crippen LogP contribution in [0.4, 0.5) is 0 Å². The van der Waals surface area contributed by atoms with Gasteiger partial charge >= 0.3 is 0 Å². The molecule has 0 unspecified atom stereocenters. The van der Waals surface area contributed by atoms with Crippen molar-refractivity contribution in [2.24, 2.45) is 0 Å². The van der Waals surface area contributed by atoms with Gasteiger partial charge in [0.1, 0.15) is 13.2 Å². The van der Waals surface area contributed by atoms with Gasteiger partial charge in [0.15, 0.2) is 0 Å². The van der Waals surface area contributed by atoms with Crippen LogP contribution in [0.5, 0.6) is 0 Å². The lowest BCUT2D eigenvalue weighted by atomic mass is 10.2. The minimum atomic E-state index is -0.113. The molecule has 74 valence electrons. The van der Waals surface area contributed by atoms with E-state index in [0.29, 0.717) is 6.61 Å². The molecular formula is C11H12O2S. The van der Waals surface area contributed by atoms with Crippen molar-refractivity contribution in [2.75, 3.05) is 13.2 Å². The number of hydrogen-bond donors (Lipinski definition) is 1.